The molecule has 4 aromatic rings. The zero-order chi connectivity index (χ0) is 38.4. The number of aryl methyl sites for hydroxylation is 2. The first-order valence-electron chi connectivity index (χ1n) is 18.5. The van der Waals surface area contributed by atoms with Crippen molar-refractivity contribution >= 4 is 19.4 Å². The molecule has 9 nitrogen and oxygen atoms in total. The number of esters is 2. The molecule has 0 unspecified atom stereocenters. The number of aromatic hydroxyl groups is 1. The summed E-state index contributed by atoms with van der Waals surface area (Å²) in [6.07, 6.45) is 1.99. The third-order valence-corrected chi connectivity index (χ3v) is 10.9. The molecule has 10 heteroatoms. The number of hydrogen-bond acceptors (Lipinski definition) is 7. The molecule has 4 aromatic carbocycles. The van der Waals surface area contributed by atoms with Crippen molar-refractivity contribution in [2.75, 3.05) is 19.6 Å². The largest absolute Gasteiger partial charge is 0.508 e. The average Bonchev–Trinajstić information content (AvgIpc) is 3.14. The van der Waals surface area contributed by atoms with Gasteiger partial charge in [0.2, 0.25) is 7.44 Å². The summed E-state index contributed by atoms with van der Waals surface area (Å²) in [6, 6.07) is 26.4. The molecular weight excluding hydrogens is 687 g/mol. The standard InChI is InChI=1S/C43H55N2O7P/c1-7-21-50-42(47)39(27-33-15-11-9-12-16-33)44-53(49,45-40(43(48)51-22-8-2)28-34-17-13-10-14-18-34)29-52-36-23-31(5)38(32(6)24-36)26-35-19-20-41(46)37(25-35)30(3)4/h9-20,23-25,30,39-40,46H,7-8,21-22,26-29H2,1-6H3,(H2,44,45,49)/t39-,40-/m0/s1. The Morgan fingerprint density at radius 1 is 0.717 bits per heavy atom. The first kappa shape index (κ1) is 41.3. The molecule has 0 saturated carbocycles. The summed E-state index contributed by atoms with van der Waals surface area (Å²) in [4.78, 5) is 27.0. The molecule has 0 radical (unpaired) electrons. The van der Waals surface area contributed by atoms with E-state index < -0.39 is 31.5 Å². The minimum absolute atomic E-state index is 0.187. The normalized spacial score (nSPS) is 12.7. The van der Waals surface area contributed by atoms with Gasteiger partial charge in [0.15, 0.2) is 6.35 Å². The summed E-state index contributed by atoms with van der Waals surface area (Å²) in [6.45, 7) is 12.4. The maximum absolute atomic E-state index is 15.2. The fourth-order valence-corrected chi connectivity index (χ4v) is 8.10. The lowest BCUT2D eigenvalue weighted by Crippen LogP contribution is -2.47. The van der Waals surface area contributed by atoms with E-state index in [4.69, 9.17) is 14.2 Å². The molecule has 0 saturated heterocycles. The van der Waals surface area contributed by atoms with Crippen molar-refractivity contribution < 1.29 is 33.5 Å². The van der Waals surface area contributed by atoms with E-state index >= 15 is 4.57 Å². The molecular formula is C43H55N2O7P. The number of phenolic OH excluding ortho intramolecular Hbond substituents is 1. The summed E-state index contributed by atoms with van der Waals surface area (Å²) in [5.74, 6) is -0.106. The molecule has 0 fully saturated rings. The molecule has 0 aliphatic rings. The van der Waals surface area contributed by atoms with Gasteiger partial charge in [0.25, 0.3) is 0 Å². The number of phenols is 1. The van der Waals surface area contributed by atoms with Gasteiger partial charge in [-0.3, -0.25) is 14.2 Å². The number of ether oxygens (including phenoxy) is 3. The Balaban J connectivity index is 1.66. The third-order valence-electron chi connectivity index (χ3n) is 8.94. The minimum Gasteiger partial charge on any atom is -0.508 e. The van der Waals surface area contributed by atoms with E-state index in [0.29, 0.717) is 30.8 Å². The van der Waals surface area contributed by atoms with Crippen molar-refractivity contribution in [3.63, 3.8) is 0 Å². The van der Waals surface area contributed by atoms with Crippen LogP contribution in [0.5, 0.6) is 11.5 Å². The Hall–Kier alpha value is -4.43. The predicted molar refractivity (Wildman–Crippen MR) is 211 cm³/mol. The molecule has 0 aliphatic carbocycles. The first-order chi connectivity index (χ1) is 25.4. The molecule has 0 amide bonds. The van der Waals surface area contributed by atoms with Gasteiger partial charge in [0, 0.05) is 0 Å². The molecule has 4 rings (SSSR count). The van der Waals surface area contributed by atoms with Gasteiger partial charge >= 0.3 is 11.9 Å². The van der Waals surface area contributed by atoms with E-state index in [9.17, 15) is 14.7 Å². The number of nitrogens with one attached hydrogen (secondary N) is 2. The van der Waals surface area contributed by atoms with Gasteiger partial charge in [-0.2, -0.15) is 0 Å². The van der Waals surface area contributed by atoms with Crippen LogP contribution in [0.2, 0.25) is 0 Å². The van der Waals surface area contributed by atoms with Gasteiger partial charge in [-0.05, 0) is 109 Å². The van der Waals surface area contributed by atoms with Crippen molar-refractivity contribution in [2.45, 2.75) is 91.6 Å². The Morgan fingerprint density at radius 2 is 1.21 bits per heavy atom. The van der Waals surface area contributed by atoms with Crippen LogP contribution >= 0.6 is 7.44 Å². The molecule has 0 aliphatic heterocycles. The Bertz CT molecular complexity index is 1740. The molecule has 3 N–H and O–H groups in total. The van der Waals surface area contributed by atoms with Crippen molar-refractivity contribution in [2.24, 2.45) is 0 Å². The Morgan fingerprint density at radius 3 is 1.66 bits per heavy atom. The van der Waals surface area contributed by atoms with Crippen molar-refractivity contribution in [3.8, 4) is 11.5 Å². The van der Waals surface area contributed by atoms with Crippen LogP contribution in [-0.2, 0) is 42.9 Å². The van der Waals surface area contributed by atoms with E-state index in [1.807, 2.05) is 113 Å². The fraction of sp³-hybridized carbons (Fsp3) is 0.395. The first-order valence-corrected chi connectivity index (χ1v) is 20.4. The summed E-state index contributed by atoms with van der Waals surface area (Å²) >= 11 is 0. The van der Waals surface area contributed by atoms with Crippen LogP contribution in [0.15, 0.2) is 91.0 Å². The maximum Gasteiger partial charge on any atom is 0.323 e. The molecule has 53 heavy (non-hydrogen) atoms. The highest BCUT2D eigenvalue weighted by molar-refractivity contribution is 7.59. The molecule has 0 spiro atoms. The second kappa shape index (κ2) is 20.1. The van der Waals surface area contributed by atoms with Gasteiger partial charge in [0.1, 0.15) is 23.6 Å². The molecule has 0 heterocycles. The predicted octanol–water partition coefficient (Wildman–Crippen LogP) is 8.56. The highest BCUT2D eigenvalue weighted by Crippen LogP contribution is 2.40. The Kier molecular flexibility index (Phi) is 15.7. The van der Waals surface area contributed by atoms with Crippen molar-refractivity contribution in [1.82, 2.24) is 10.2 Å². The number of rotatable bonds is 20. The van der Waals surface area contributed by atoms with Crippen molar-refractivity contribution in [3.05, 3.63) is 130 Å². The van der Waals surface area contributed by atoms with Gasteiger partial charge in [0.05, 0.1) is 13.2 Å². The summed E-state index contributed by atoms with van der Waals surface area (Å²) < 4.78 is 32.6. The van der Waals surface area contributed by atoms with E-state index in [1.165, 1.54) is 0 Å². The Labute approximate surface area is 314 Å². The molecule has 0 aromatic heterocycles. The zero-order valence-corrected chi connectivity index (χ0v) is 32.8. The lowest BCUT2D eigenvalue weighted by Gasteiger charge is -2.29. The van der Waals surface area contributed by atoms with Crippen LogP contribution in [0.3, 0.4) is 0 Å². The highest BCUT2D eigenvalue weighted by Gasteiger charge is 2.36. The zero-order valence-electron chi connectivity index (χ0n) is 31.9. The van der Waals surface area contributed by atoms with E-state index in [2.05, 4.69) is 24.0 Å². The number of carbonyl (C=O) groups excluding carboxylic acids is 2. The summed E-state index contributed by atoms with van der Waals surface area (Å²) in [5.41, 5.74) is 6.80. The van der Waals surface area contributed by atoms with Crippen LogP contribution < -0.4 is 14.9 Å². The second-order valence-electron chi connectivity index (χ2n) is 13.9. The molecule has 2 atom stereocenters. The highest BCUT2D eigenvalue weighted by atomic mass is 31.2. The van der Waals surface area contributed by atoms with Gasteiger partial charge in [-0.1, -0.05) is 100 Å². The topological polar surface area (TPSA) is 123 Å². The third kappa shape index (κ3) is 12.6. The number of hydrogen-bond donors (Lipinski definition) is 3. The molecule has 0 bridgehead atoms. The summed E-state index contributed by atoms with van der Waals surface area (Å²) in [5, 5.41) is 16.5. The average molecular weight is 743 g/mol. The van der Waals surface area contributed by atoms with Gasteiger partial charge in [-0.25, -0.2) is 10.2 Å². The van der Waals surface area contributed by atoms with Crippen LogP contribution in [0, 0.1) is 13.8 Å². The van der Waals surface area contributed by atoms with Crippen LogP contribution in [-0.4, -0.2) is 48.7 Å². The number of carbonyl (C=O) groups is 2. The van der Waals surface area contributed by atoms with Crippen LogP contribution in [0.1, 0.15) is 85.4 Å². The second-order valence-corrected chi connectivity index (χ2v) is 16.1. The van der Waals surface area contributed by atoms with Crippen LogP contribution in [0.4, 0.5) is 0 Å². The maximum atomic E-state index is 15.2. The summed E-state index contributed by atoms with van der Waals surface area (Å²) in [7, 11) is -3.91. The smallest absolute Gasteiger partial charge is 0.323 e. The van der Waals surface area contributed by atoms with E-state index in [0.717, 1.165) is 38.9 Å². The number of benzene rings is 4. The lowest BCUT2D eigenvalue weighted by atomic mass is 9.93. The van der Waals surface area contributed by atoms with Crippen LogP contribution in [0.25, 0.3) is 0 Å². The van der Waals surface area contributed by atoms with E-state index in [-0.39, 0.29) is 38.3 Å². The van der Waals surface area contributed by atoms with Gasteiger partial charge in [-0.15, -0.1) is 0 Å². The molecule has 284 valence electrons. The van der Waals surface area contributed by atoms with Gasteiger partial charge < -0.3 is 19.3 Å². The van der Waals surface area contributed by atoms with Crippen molar-refractivity contribution in [1.29, 1.82) is 0 Å². The minimum atomic E-state index is -3.91. The SMILES string of the molecule is CCCOC(=O)[C@H](Cc1ccccc1)NP(=O)(COc1cc(C)c(Cc2ccc(O)c(C(C)C)c2)c(C)c1)N[C@@H](Cc1ccccc1)C(=O)OCCC. The van der Waals surface area contributed by atoms with E-state index in [1.54, 1.807) is 6.07 Å². The lowest BCUT2D eigenvalue weighted by molar-refractivity contribution is -0.146. The quantitative estimate of drug-likeness (QED) is 0.0604. The fourth-order valence-electron chi connectivity index (χ4n) is 6.15. The monoisotopic (exact) mass is 742 g/mol.